The highest BCUT2D eigenvalue weighted by Crippen LogP contribution is 2.36. The van der Waals surface area contributed by atoms with Crippen molar-refractivity contribution in [3.8, 4) is 5.88 Å². The summed E-state index contributed by atoms with van der Waals surface area (Å²) in [5.74, 6) is -1.75. The molecule has 0 aliphatic rings. The molecule has 0 spiro atoms. The first kappa shape index (κ1) is 14.9. The lowest BCUT2D eigenvalue weighted by atomic mass is 10.1. The number of rotatable bonds is 4. The number of aromatic nitrogens is 1. The third-order valence-electron chi connectivity index (χ3n) is 2.02. The number of halogens is 6. The minimum Gasteiger partial charge on any atom is -0.392 e. The Kier molecular flexibility index (Phi) is 4.69. The molecule has 0 aromatic carbocycles. The molecule has 0 atom stereocenters. The first-order valence-electron chi connectivity index (χ1n) is 4.51. The van der Waals surface area contributed by atoms with Gasteiger partial charge in [0, 0.05) is 17.6 Å². The summed E-state index contributed by atoms with van der Waals surface area (Å²) in [6.07, 6.45) is -7.58. The van der Waals surface area contributed by atoms with Gasteiger partial charge in [0.15, 0.2) is 0 Å². The van der Waals surface area contributed by atoms with Gasteiger partial charge in [0.05, 0.1) is 12.2 Å². The van der Waals surface area contributed by atoms with E-state index in [1.807, 2.05) is 0 Å². The van der Waals surface area contributed by atoms with E-state index in [-0.39, 0.29) is 11.1 Å². The van der Waals surface area contributed by atoms with Gasteiger partial charge in [0.25, 0.3) is 6.43 Å². The highest BCUT2D eigenvalue weighted by atomic mass is 35.5. The van der Waals surface area contributed by atoms with Crippen molar-refractivity contribution in [2.24, 2.45) is 0 Å². The van der Waals surface area contributed by atoms with Gasteiger partial charge in [0.1, 0.15) is 0 Å². The van der Waals surface area contributed by atoms with Crippen molar-refractivity contribution in [2.75, 3.05) is 0 Å². The first-order valence-corrected chi connectivity index (χ1v) is 5.05. The fraction of sp³-hybridized carbons (Fsp3) is 0.444. The van der Waals surface area contributed by atoms with Crippen LogP contribution in [0.3, 0.4) is 0 Å². The molecule has 102 valence electrons. The standard InChI is InChI=1S/C9H7ClF5NO2/c10-1-5-4(3-17)2-16-8(6(5)7(11)12)18-9(13,14)15/h2,7,17H,1,3H2. The monoisotopic (exact) mass is 291 g/mol. The largest absolute Gasteiger partial charge is 0.574 e. The van der Waals surface area contributed by atoms with E-state index in [4.69, 9.17) is 16.7 Å². The molecular weight excluding hydrogens is 285 g/mol. The first-order chi connectivity index (χ1) is 8.30. The summed E-state index contributed by atoms with van der Waals surface area (Å²) in [4.78, 5) is 3.12. The summed E-state index contributed by atoms with van der Waals surface area (Å²) in [5.41, 5.74) is -1.45. The minimum atomic E-state index is -5.14. The lowest BCUT2D eigenvalue weighted by molar-refractivity contribution is -0.276. The molecule has 3 nitrogen and oxygen atoms in total. The van der Waals surface area contributed by atoms with Crippen molar-refractivity contribution in [3.63, 3.8) is 0 Å². The molecular formula is C9H7ClF5NO2. The maximum absolute atomic E-state index is 12.7. The SMILES string of the molecule is OCc1cnc(OC(F)(F)F)c(C(F)F)c1CCl. The molecule has 1 N–H and O–H groups in total. The molecule has 1 aromatic rings. The van der Waals surface area contributed by atoms with Crippen molar-refractivity contribution < 1.29 is 31.8 Å². The fourth-order valence-corrected chi connectivity index (χ4v) is 1.61. The highest BCUT2D eigenvalue weighted by molar-refractivity contribution is 6.17. The zero-order valence-corrected chi connectivity index (χ0v) is 9.40. The van der Waals surface area contributed by atoms with Crippen LogP contribution in [0, 0.1) is 0 Å². The topological polar surface area (TPSA) is 42.4 Å². The van der Waals surface area contributed by atoms with Crippen LogP contribution in [0.4, 0.5) is 22.0 Å². The Morgan fingerprint density at radius 3 is 2.39 bits per heavy atom. The maximum Gasteiger partial charge on any atom is 0.574 e. The van der Waals surface area contributed by atoms with E-state index >= 15 is 0 Å². The predicted octanol–water partition coefficient (Wildman–Crippen LogP) is 3.15. The second-order valence-corrected chi connectivity index (χ2v) is 3.39. The van der Waals surface area contributed by atoms with Crippen LogP contribution in [0.1, 0.15) is 23.1 Å². The molecule has 0 amide bonds. The molecule has 0 radical (unpaired) electrons. The molecule has 0 saturated heterocycles. The van der Waals surface area contributed by atoms with E-state index in [0.717, 1.165) is 6.20 Å². The molecule has 1 rings (SSSR count). The Bertz CT molecular complexity index is 424. The summed E-state index contributed by atoms with van der Waals surface area (Å²) >= 11 is 5.39. The Morgan fingerprint density at radius 2 is 2.00 bits per heavy atom. The van der Waals surface area contributed by atoms with E-state index in [1.54, 1.807) is 0 Å². The summed E-state index contributed by atoms with van der Waals surface area (Å²) < 4.78 is 64.9. The number of aliphatic hydroxyl groups is 1. The van der Waals surface area contributed by atoms with Crippen LogP contribution in [0.15, 0.2) is 6.20 Å². The summed E-state index contributed by atoms with van der Waals surface area (Å²) in [6, 6.07) is 0. The molecule has 0 fully saturated rings. The molecule has 0 unspecified atom stereocenters. The number of nitrogens with zero attached hydrogens (tertiary/aromatic N) is 1. The molecule has 1 heterocycles. The third kappa shape index (κ3) is 3.42. The van der Waals surface area contributed by atoms with E-state index in [1.165, 1.54) is 0 Å². The molecule has 9 heteroatoms. The third-order valence-corrected chi connectivity index (χ3v) is 2.28. The van der Waals surface area contributed by atoms with Crippen LogP contribution in [-0.2, 0) is 12.5 Å². The molecule has 0 aliphatic carbocycles. The van der Waals surface area contributed by atoms with Crippen LogP contribution < -0.4 is 4.74 Å². The van der Waals surface area contributed by atoms with Crippen LogP contribution in [0.5, 0.6) is 5.88 Å². The van der Waals surface area contributed by atoms with Crippen LogP contribution in [0.2, 0.25) is 0 Å². The summed E-state index contributed by atoms with van der Waals surface area (Å²) in [5, 5.41) is 8.87. The van der Waals surface area contributed by atoms with Gasteiger partial charge in [-0.1, -0.05) is 0 Å². The second kappa shape index (κ2) is 5.66. The number of pyridine rings is 1. The zero-order valence-electron chi connectivity index (χ0n) is 8.64. The van der Waals surface area contributed by atoms with Crippen molar-refractivity contribution >= 4 is 11.6 Å². The quantitative estimate of drug-likeness (QED) is 0.684. The number of alkyl halides is 6. The number of ether oxygens (including phenoxy) is 1. The molecule has 1 aromatic heterocycles. The lowest BCUT2D eigenvalue weighted by Crippen LogP contribution is -2.20. The molecule has 0 aliphatic heterocycles. The van der Waals surface area contributed by atoms with Gasteiger partial charge >= 0.3 is 6.36 Å². The average molecular weight is 292 g/mol. The van der Waals surface area contributed by atoms with Gasteiger partial charge in [-0.3, -0.25) is 0 Å². The molecule has 0 bridgehead atoms. The predicted molar refractivity (Wildman–Crippen MR) is 51.4 cm³/mol. The Morgan fingerprint density at radius 1 is 1.39 bits per heavy atom. The van der Waals surface area contributed by atoms with Gasteiger partial charge in [-0.05, 0) is 5.56 Å². The van der Waals surface area contributed by atoms with Crippen molar-refractivity contribution in [2.45, 2.75) is 25.3 Å². The van der Waals surface area contributed by atoms with E-state index in [0.29, 0.717) is 0 Å². The number of hydrogen-bond acceptors (Lipinski definition) is 3. The zero-order chi connectivity index (χ0) is 13.9. The number of hydrogen-bond donors (Lipinski definition) is 1. The molecule has 18 heavy (non-hydrogen) atoms. The summed E-state index contributed by atoms with van der Waals surface area (Å²) in [7, 11) is 0. The van der Waals surface area contributed by atoms with Crippen LogP contribution >= 0.6 is 11.6 Å². The van der Waals surface area contributed by atoms with Gasteiger partial charge < -0.3 is 9.84 Å². The molecule has 0 saturated carbocycles. The van der Waals surface area contributed by atoms with E-state index in [2.05, 4.69) is 9.72 Å². The Balaban J connectivity index is 3.35. The van der Waals surface area contributed by atoms with Crippen molar-refractivity contribution in [1.29, 1.82) is 0 Å². The Hall–Kier alpha value is -1.15. The van der Waals surface area contributed by atoms with Gasteiger partial charge in [-0.15, -0.1) is 24.8 Å². The van der Waals surface area contributed by atoms with Gasteiger partial charge in [-0.25, -0.2) is 13.8 Å². The maximum atomic E-state index is 12.7. The Labute approximate surface area is 103 Å². The van der Waals surface area contributed by atoms with E-state index in [9.17, 15) is 22.0 Å². The fourth-order valence-electron chi connectivity index (χ4n) is 1.30. The van der Waals surface area contributed by atoms with Crippen LogP contribution in [0.25, 0.3) is 0 Å². The smallest absolute Gasteiger partial charge is 0.392 e. The van der Waals surface area contributed by atoms with Crippen molar-refractivity contribution in [3.05, 3.63) is 22.9 Å². The van der Waals surface area contributed by atoms with Gasteiger partial charge in [-0.2, -0.15) is 0 Å². The summed E-state index contributed by atoms with van der Waals surface area (Å²) in [6.45, 7) is -0.666. The normalized spacial score (nSPS) is 12.0. The van der Waals surface area contributed by atoms with Crippen LogP contribution in [-0.4, -0.2) is 16.5 Å². The van der Waals surface area contributed by atoms with E-state index < -0.39 is 36.7 Å². The highest BCUT2D eigenvalue weighted by Gasteiger charge is 2.35. The minimum absolute atomic E-state index is 0.0742. The van der Waals surface area contributed by atoms with Gasteiger partial charge in [0.2, 0.25) is 5.88 Å². The second-order valence-electron chi connectivity index (χ2n) is 3.12. The van der Waals surface area contributed by atoms with Crippen molar-refractivity contribution in [1.82, 2.24) is 4.98 Å². The number of aliphatic hydroxyl groups excluding tert-OH is 1. The average Bonchev–Trinajstić information content (AvgIpc) is 2.25. The lowest BCUT2D eigenvalue weighted by Gasteiger charge is -2.16.